The monoisotopic (exact) mass is 167 g/mol. The van der Waals surface area contributed by atoms with E-state index in [0.29, 0.717) is 13.0 Å². The summed E-state index contributed by atoms with van der Waals surface area (Å²) in [4.78, 5) is 13.1. The summed E-state index contributed by atoms with van der Waals surface area (Å²) in [5.41, 5.74) is 0. The Kier molecular flexibility index (Phi) is 3.05. The molecule has 0 aliphatic carbocycles. The van der Waals surface area contributed by atoms with Crippen LogP contribution in [0.25, 0.3) is 0 Å². The second-order valence-corrected chi connectivity index (χ2v) is 3.03. The van der Waals surface area contributed by atoms with E-state index >= 15 is 0 Å². The first kappa shape index (κ1) is 9.00. The maximum atomic E-state index is 11.2. The summed E-state index contributed by atoms with van der Waals surface area (Å²) >= 11 is 0. The summed E-state index contributed by atoms with van der Waals surface area (Å²) < 4.78 is 5.05. The Labute approximate surface area is 72.0 Å². The average Bonchev–Trinajstić information content (AvgIpc) is 2.37. The van der Waals surface area contributed by atoms with Gasteiger partial charge in [-0.3, -0.25) is 4.79 Å². The van der Waals surface area contributed by atoms with Gasteiger partial charge >= 0.3 is 0 Å². The van der Waals surface area contributed by atoms with Crippen LogP contribution in [0, 0.1) is 0 Å². The fraction of sp³-hybridized carbons (Fsp3) is 0.444. The third-order valence-electron chi connectivity index (χ3n) is 1.44. The van der Waals surface area contributed by atoms with Crippen LogP contribution in [-0.2, 0) is 11.2 Å². The van der Waals surface area contributed by atoms with E-state index in [1.165, 1.54) is 0 Å². The lowest BCUT2D eigenvalue weighted by Crippen LogP contribution is -2.22. The van der Waals surface area contributed by atoms with Gasteiger partial charge in [0, 0.05) is 0 Å². The Morgan fingerprint density at radius 3 is 2.83 bits per heavy atom. The topological polar surface area (TPSA) is 33.5 Å². The molecule has 0 fully saturated rings. The highest BCUT2D eigenvalue weighted by molar-refractivity contribution is 5.82. The van der Waals surface area contributed by atoms with Crippen LogP contribution >= 0.6 is 0 Å². The molecule has 1 aromatic heterocycles. The summed E-state index contributed by atoms with van der Waals surface area (Å²) in [5, 5.41) is 0. The normalized spacial score (nSPS) is 10.6. The number of ketones is 1. The molecule has 0 saturated heterocycles. The number of carbonyl (C=O) groups is 1. The van der Waals surface area contributed by atoms with Crippen molar-refractivity contribution in [3.63, 3.8) is 0 Å². The van der Waals surface area contributed by atoms with Gasteiger partial charge in [-0.25, -0.2) is 0 Å². The van der Waals surface area contributed by atoms with Crippen molar-refractivity contribution in [2.24, 2.45) is 0 Å². The van der Waals surface area contributed by atoms with E-state index < -0.39 is 0 Å². The molecule has 12 heavy (non-hydrogen) atoms. The lowest BCUT2D eigenvalue weighted by molar-refractivity contribution is -0.119. The van der Waals surface area contributed by atoms with Crippen molar-refractivity contribution in [1.29, 1.82) is 0 Å². The van der Waals surface area contributed by atoms with E-state index in [0.717, 1.165) is 5.76 Å². The second kappa shape index (κ2) is 4.07. The summed E-state index contributed by atoms with van der Waals surface area (Å²) in [7, 11) is 3.75. The molecule has 0 spiro atoms. The van der Waals surface area contributed by atoms with Gasteiger partial charge in [-0.05, 0) is 26.2 Å². The molecule has 3 nitrogen and oxygen atoms in total. The molecule has 0 unspecified atom stereocenters. The molecule has 0 amide bonds. The molecule has 0 aromatic carbocycles. The van der Waals surface area contributed by atoms with Crippen LogP contribution in [0.4, 0.5) is 0 Å². The van der Waals surface area contributed by atoms with E-state index in [1.54, 1.807) is 12.3 Å². The lowest BCUT2D eigenvalue weighted by Gasteiger charge is -2.06. The molecular formula is C9H13NO2. The Morgan fingerprint density at radius 1 is 1.58 bits per heavy atom. The maximum Gasteiger partial charge on any atom is 0.154 e. The largest absolute Gasteiger partial charge is 0.469 e. The highest BCUT2D eigenvalue weighted by Gasteiger charge is 2.05. The number of Topliss-reactive ketones (excluding diaryl/α,β-unsaturated/α-hetero) is 1. The predicted molar refractivity (Wildman–Crippen MR) is 46.0 cm³/mol. The van der Waals surface area contributed by atoms with Gasteiger partial charge in [-0.15, -0.1) is 0 Å². The number of rotatable bonds is 4. The number of likely N-dealkylation sites (N-methyl/N-ethyl adjacent to an activating group) is 1. The second-order valence-electron chi connectivity index (χ2n) is 3.03. The number of carbonyl (C=O) groups excluding carboxylic acids is 1. The van der Waals surface area contributed by atoms with Crippen molar-refractivity contribution in [1.82, 2.24) is 4.90 Å². The van der Waals surface area contributed by atoms with Crippen molar-refractivity contribution in [2.75, 3.05) is 20.6 Å². The van der Waals surface area contributed by atoms with Gasteiger partial charge in [0.15, 0.2) is 5.78 Å². The highest BCUT2D eigenvalue weighted by Crippen LogP contribution is 2.01. The fourth-order valence-electron chi connectivity index (χ4n) is 1.02. The standard InChI is InChI=1S/C9H13NO2/c1-10(2)7-8(11)6-9-4-3-5-12-9/h3-5H,6-7H2,1-2H3. The molecule has 0 radical (unpaired) electrons. The third kappa shape index (κ3) is 2.88. The lowest BCUT2D eigenvalue weighted by atomic mass is 10.2. The Bertz CT molecular complexity index is 239. The molecule has 0 N–H and O–H groups in total. The van der Waals surface area contributed by atoms with Crippen LogP contribution in [0.2, 0.25) is 0 Å². The van der Waals surface area contributed by atoms with Crippen LogP contribution < -0.4 is 0 Å². The van der Waals surface area contributed by atoms with E-state index in [1.807, 2.05) is 25.1 Å². The molecule has 0 aliphatic rings. The van der Waals surface area contributed by atoms with Crippen molar-refractivity contribution in [2.45, 2.75) is 6.42 Å². The van der Waals surface area contributed by atoms with Gasteiger partial charge < -0.3 is 9.32 Å². The van der Waals surface area contributed by atoms with Crippen LogP contribution in [0.1, 0.15) is 5.76 Å². The predicted octanol–water partition coefficient (Wildman–Crippen LogP) is 0.953. The summed E-state index contributed by atoms with van der Waals surface area (Å²) in [5.74, 6) is 0.914. The fourth-order valence-corrected chi connectivity index (χ4v) is 1.02. The van der Waals surface area contributed by atoms with Crippen molar-refractivity contribution in [3.05, 3.63) is 24.2 Å². The van der Waals surface area contributed by atoms with Crippen molar-refractivity contribution in [3.8, 4) is 0 Å². The smallest absolute Gasteiger partial charge is 0.154 e. The molecule has 66 valence electrons. The summed E-state index contributed by atoms with van der Waals surface area (Å²) in [6.07, 6.45) is 1.98. The van der Waals surface area contributed by atoms with Gasteiger partial charge in [0.25, 0.3) is 0 Å². The Morgan fingerprint density at radius 2 is 2.33 bits per heavy atom. The van der Waals surface area contributed by atoms with Crippen LogP contribution in [0.3, 0.4) is 0 Å². The molecule has 1 heterocycles. The Hall–Kier alpha value is -1.09. The number of furan rings is 1. The molecule has 0 bridgehead atoms. The first-order valence-corrected chi connectivity index (χ1v) is 3.87. The minimum Gasteiger partial charge on any atom is -0.469 e. The number of hydrogen-bond acceptors (Lipinski definition) is 3. The summed E-state index contributed by atoms with van der Waals surface area (Å²) in [6, 6.07) is 3.60. The van der Waals surface area contributed by atoms with E-state index in [-0.39, 0.29) is 5.78 Å². The molecule has 0 atom stereocenters. The SMILES string of the molecule is CN(C)CC(=O)Cc1ccco1. The summed E-state index contributed by atoms with van der Waals surface area (Å²) in [6.45, 7) is 0.473. The van der Waals surface area contributed by atoms with Crippen molar-refractivity contribution >= 4 is 5.78 Å². The molecular weight excluding hydrogens is 154 g/mol. The first-order valence-electron chi connectivity index (χ1n) is 3.87. The van der Waals surface area contributed by atoms with Crippen LogP contribution in [0.15, 0.2) is 22.8 Å². The van der Waals surface area contributed by atoms with Crippen molar-refractivity contribution < 1.29 is 9.21 Å². The molecule has 3 heteroatoms. The maximum absolute atomic E-state index is 11.2. The highest BCUT2D eigenvalue weighted by atomic mass is 16.3. The zero-order valence-corrected chi connectivity index (χ0v) is 7.41. The number of nitrogens with zero attached hydrogens (tertiary/aromatic N) is 1. The van der Waals surface area contributed by atoms with Gasteiger partial charge in [-0.2, -0.15) is 0 Å². The van der Waals surface area contributed by atoms with Gasteiger partial charge in [-0.1, -0.05) is 0 Å². The zero-order chi connectivity index (χ0) is 8.97. The molecule has 0 aliphatic heterocycles. The average molecular weight is 167 g/mol. The number of hydrogen-bond donors (Lipinski definition) is 0. The molecule has 0 saturated carbocycles. The molecule has 1 aromatic rings. The third-order valence-corrected chi connectivity index (χ3v) is 1.44. The van der Waals surface area contributed by atoms with Gasteiger partial charge in [0.1, 0.15) is 5.76 Å². The Balaban J connectivity index is 2.37. The quantitative estimate of drug-likeness (QED) is 0.669. The zero-order valence-electron chi connectivity index (χ0n) is 7.41. The van der Waals surface area contributed by atoms with E-state index in [2.05, 4.69) is 0 Å². The van der Waals surface area contributed by atoms with E-state index in [9.17, 15) is 4.79 Å². The molecule has 1 rings (SSSR count). The minimum absolute atomic E-state index is 0.176. The van der Waals surface area contributed by atoms with Gasteiger partial charge in [0.05, 0.1) is 19.2 Å². The van der Waals surface area contributed by atoms with Crippen LogP contribution in [0.5, 0.6) is 0 Å². The minimum atomic E-state index is 0.176. The van der Waals surface area contributed by atoms with Crippen LogP contribution in [-0.4, -0.2) is 31.3 Å². The first-order chi connectivity index (χ1) is 5.68. The van der Waals surface area contributed by atoms with Gasteiger partial charge in [0.2, 0.25) is 0 Å². The van der Waals surface area contributed by atoms with E-state index in [4.69, 9.17) is 4.42 Å².